The first kappa shape index (κ1) is 13.5. The molecule has 0 aromatic heterocycles. The molecule has 5 nitrogen and oxygen atoms in total. The minimum absolute atomic E-state index is 0.211. The van der Waals surface area contributed by atoms with Crippen LogP contribution in [0.4, 0.5) is 0 Å². The zero-order valence-corrected chi connectivity index (χ0v) is 11.0. The molecule has 0 unspecified atom stereocenters. The van der Waals surface area contributed by atoms with Crippen LogP contribution in [0.3, 0.4) is 0 Å². The Hall–Kier alpha value is -1.88. The van der Waals surface area contributed by atoms with Crippen LogP contribution in [-0.4, -0.2) is 24.3 Å². The van der Waals surface area contributed by atoms with E-state index in [2.05, 4.69) is 5.32 Å². The van der Waals surface area contributed by atoms with Crippen molar-refractivity contribution >= 4 is 11.9 Å². The summed E-state index contributed by atoms with van der Waals surface area (Å²) in [6, 6.07) is 9.73. The number of carbonyl (C=O) groups excluding carboxylic acids is 2. The zero-order valence-electron chi connectivity index (χ0n) is 11.0. The fourth-order valence-electron chi connectivity index (χ4n) is 1.87. The average Bonchev–Trinajstić information content (AvgIpc) is 2.32. The fourth-order valence-corrected chi connectivity index (χ4v) is 1.87. The second kappa shape index (κ2) is 5.40. The zero-order chi connectivity index (χ0) is 13.9. The van der Waals surface area contributed by atoms with Crippen LogP contribution >= 0.6 is 0 Å². The standard InChI is InChI=1S/C14H17NO4/c1-14(2)18-12(16)11(13(17)19-14)9-15-8-10-6-4-3-5-7-10/h3-7,11,15H,8-9H2,1-2H3. The number of cyclic esters (lactones) is 2. The largest absolute Gasteiger partial charge is 0.422 e. The van der Waals surface area contributed by atoms with Crippen LogP contribution < -0.4 is 5.32 Å². The van der Waals surface area contributed by atoms with Gasteiger partial charge in [-0.15, -0.1) is 0 Å². The van der Waals surface area contributed by atoms with Crippen molar-refractivity contribution in [2.45, 2.75) is 26.2 Å². The fraction of sp³-hybridized carbons (Fsp3) is 0.429. The Kier molecular flexibility index (Phi) is 3.85. The number of ether oxygens (including phenoxy) is 2. The molecule has 1 saturated heterocycles. The molecule has 19 heavy (non-hydrogen) atoms. The van der Waals surface area contributed by atoms with Crippen molar-refractivity contribution in [1.82, 2.24) is 5.32 Å². The molecule has 102 valence electrons. The second-order valence-electron chi connectivity index (χ2n) is 4.91. The van der Waals surface area contributed by atoms with Crippen LogP contribution in [0.25, 0.3) is 0 Å². The Morgan fingerprint density at radius 2 is 1.68 bits per heavy atom. The summed E-state index contributed by atoms with van der Waals surface area (Å²) in [5.41, 5.74) is 1.08. The number of benzene rings is 1. The summed E-state index contributed by atoms with van der Waals surface area (Å²) in [4.78, 5) is 23.4. The first-order valence-electron chi connectivity index (χ1n) is 6.18. The van der Waals surface area contributed by atoms with E-state index in [-0.39, 0.29) is 6.54 Å². The maximum atomic E-state index is 11.7. The van der Waals surface area contributed by atoms with Crippen LogP contribution in [0.1, 0.15) is 19.4 Å². The van der Waals surface area contributed by atoms with Gasteiger partial charge in [0.05, 0.1) is 0 Å². The molecular formula is C14H17NO4. The van der Waals surface area contributed by atoms with E-state index in [9.17, 15) is 9.59 Å². The topological polar surface area (TPSA) is 64.6 Å². The minimum atomic E-state index is -1.16. The lowest BCUT2D eigenvalue weighted by Crippen LogP contribution is -2.49. The SMILES string of the molecule is CC1(C)OC(=O)C(CNCc2ccccc2)C(=O)O1. The normalized spacial score (nSPS) is 18.8. The maximum Gasteiger partial charge on any atom is 0.324 e. The van der Waals surface area contributed by atoms with Gasteiger partial charge in [0.1, 0.15) is 0 Å². The molecule has 0 saturated carbocycles. The highest BCUT2D eigenvalue weighted by molar-refractivity contribution is 5.96. The number of hydrogen-bond acceptors (Lipinski definition) is 5. The Balaban J connectivity index is 1.86. The summed E-state index contributed by atoms with van der Waals surface area (Å²) in [6.07, 6.45) is 0. The summed E-state index contributed by atoms with van der Waals surface area (Å²) < 4.78 is 10.1. The highest BCUT2D eigenvalue weighted by atomic mass is 16.7. The molecule has 1 N–H and O–H groups in total. The first-order chi connectivity index (χ1) is 8.98. The van der Waals surface area contributed by atoms with E-state index in [4.69, 9.17) is 9.47 Å². The van der Waals surface area contributed by atoms with E-state index in [1.54, 1.807) is 0 Å². The molecule has 2 rings (SSSR count). The molecule has 0 amide bonds. The molecule has 1 fully saturated rings. The Morgan fingerprint density at radius 1 is 1.11 bits per heavy atom. The van der Waals surface area contributed by atoms with Gasteiger partial charge in [0.25, 0.3) is 5.79 Å². The summed E-state index contributed by atoms with van der Waals surface area (Å²) in [5, 5.41) is 3.06. The number of rotatable bonds is 4. The van der Waals surface area contributed by atoms with Crippen LogP contribution in [-0.2, 0) is 25.6 Å². The third-order valence-corrected chi connectivity index (χ3v) is 2.78. The predicted octanol–water partition coefficient (Wildman–Crippen LogP) is 1.23. The van der Waals surface area contributed by atoms with E-state index in [0.717, 1.165) is 5.56 Å². The van der Waals surface area contributed by atoms with Crippen molar-refractivity contribution < 1.29 is 19.1 Å². The Morgan fingerprint density at radius 3 is 2.26 bits per heavy atom. The van der Waals surface area contributed by atoms with Gasteiger partial charge in [-0.25, -0.2) is 0 Å². The van der Waals surface area contributed by atoms with E-state index in [1.165, 1.54) is 13.8 Å². The minimum Gasteiger partial charge on any atom is -0.422 e. The number of nitrogens with one attached hydrogen (secondary N) is 1. The molecule has 0 bridgehead atoms. The van der Waals surface area contributed by atoms with Gasteiger partial charge in [0.2, 0.25) is 0 Å². The van der Waals surface area contributed by atoms with Gasteiger partial charge in [-0.2, -0.15) is 0 Å². The van der Waals surface area contributed by atoms with E-state index in [0.29, 0.717) is 6.54 Å². The molecule has 0 atom stereocenters. The van der Waals surface area contributed by atoms with Crippen molar-refractivity contribution in [2.24, 2.45) is 5.92 Å². The van der Waals surface area contributed by atoms with Crippen molar-refractivity contribution in [3.05, 3.63) is 35.9 Å². The molecule has 0 aliphatic carbocycles. The average molecular weight is 263 g/mol. The molecule has 0 radical (unpaired) electrons. The monoisotopic (exact) mass is 263 g/mol. The highest BCUT2D eigenvalue weighted by Crippen LogP contribution is 2.22. The number of carbonyl (C=O) groups is 2. The van der Waals surface area contributed by atoms with Crippen molar-refractivity contribution in [3.63, 3.8) is 0 Å². The molecule has 1 aromatic carbocycles. The summed E-state index contributed by atoms with van der Waals surface area (Å²) in [5.74, 6) is -3.13. The lowest BCUT2D eigenvalue weighted by Gasteiger charge is -2.32. The van der Waals surface area contributed by atoms with Gasteiger partial charge in [0.15, 0.2) is 5.92 Å². The maximum absolute atomic E-state index is 11.7. The molecule has 1 aliphatic heterocycles. The molecule has 5 heteroatoms. The van der Waals surface area contributed by atoms with E-state index < -0.39 is 23.6 Å². The van der Waals surface area contributed by atoms with Crippen molar-refractivity contribution in [2.75, 3.05) is 6.54 Å². The first-order valence-corrected chi connectivity index (χ1v) is 6.18. The number of esters is 2. The van der Waals surface area contributed by atoms with Crippen LogP contribution in [0.5, 0.6) is 0 Å². The predicted molar refractivity (Wildman–Crippen MR) is 67.9 cm³/mol. The van der Waals surface area contributed by atoms with Gasteiger partial charge in [0, 0.05) is 26.9 Å². The van der Waals surface area contributed by atoms with Gasteiger partial charge in [-0.3, -0.25) is 9.59 Å². The lowest BCUT2D eigenvalue weighted by molar-refractivity contribution is -0.239. The Labute approximate surface area is 111 Å². The van der Waals surface area contributed by atoms with E-state index in [1.807, 2.05) is 30.3 Å². The third kappa shape index (κ3) is 3.54. The summed E-state index contributed by atoms with van der Waals surface area (Å²) in [7, 11) is 0. The molecule has 0 spiro atoms. The third-order valence-electron chi connectivity index (χ3n) is 2.78. The number of hydrogen-bond donors (Lipinski definition) is 1. The van der Waals surface area contributed by atoms with Gasteiger partial charge < -0.3 is 14.8 Å². The quantitative estimate of drug-likeness (QED) is 0.654. The van der Waals surface area contributed by atoms with Gasteiger partial charge >= 0.3 is 11.9 Å². The highest BCUT2D eigenvalue weighted by Gasteiger charge is 2.42. The summed E-state index contributed by atoms with van der Waals surface area (Å²) in [6.45, 7) is 3.87. The molecule has 1 aromatic rings. The van der Waals surface area contributed by atoms with Gasteiger partial charge in [-0.1, -0.05) is 30.3 Å². The van der Waals surface area contributed by atoms with Crippen molar-refractivity contribution in [3.8, 4) is 0 Å². The molecule has 1 aliphatic rings. The van der Waals surface area contributed by atoms with Crippen molar-refractivity contribution in [1.29, 1.82) is 0 Å². The van der Waals surface area contributed by atoms with Crippen LogP contribution in [0.2, 0.25) is 0 Å². The molecular weight excluding hydrogens is 246 g/mol. The van der Waals surface area contributed by atoms with Crippen LogP contribution in [0.15, 0.2) is 30.3 Å². The second-order valence-corrected chi connectivity index (χ2v) is 4.91. The molecule has 1 heterocycles. The Bertz CT molecular complexity index is 450. The van der Waals surface area contributed by atoms with E-state index >= 15 is 0 Å². The van der Waals surface area contributed by atoms with Gasteiger partial charge in [-0.05, 0) is 5.56 Å². The van der Waals surface area contributed by atoms with Crippen LogP contribution in [0, 0.1) is 5.92 Å². The smallest absolute Gasteiger partial charge is 0.324 e. The summed E-state index contributed by atoms with van der Waals surface area (Å²) >= 11 is 0. The lowest BCUT2D eigenvalue weighted by atomic mass is 10.1.